The van der Waals surface area contributed by atoms with E-state index in [4.69, 9.17) is 5.11 Å². The largest absolute Gasteiger partial charge is 0.481 e. The number of carbonyl (C=O) groups excluding carboxylic acids is 1. The first-order valence-electron chi connectivity index (χ1n) is 6.02. The minimum absolute atomic E-state index is 0.131. The molecule has 1 amide bonds. The summed E-state index contributed by atoms with van der Waals surface area (Å²) >= 11 is 0. The standard InChI is InChI=1S/C13H16N2O5/c1-7-4-5-10(6-11(7)15(19)20)12(16)14-9(3)8(2)13(17)18/h4-6,8-9H,1-3H3,(H,14,16)(H,17,18). The molecule has 0 fully saturated rings. The zero-order valence-corrected chi connectivity index (χ0v) is 11.4. The summed E-state index contributed by atoms with van der Waals surface area (Å²) in [7, 11) is 0. The fraction of sp³-hybridized carbons (Fsp3) is 0.385. The number of amides is 1. The third-order valence-electron chi connectivity index (χ3n) is 3.17. The lowest BCUT2D eigenvalue weighted by molar-refractivity contribution is -0.385. The van der Waals surface area contributed by atoms with Gasteiger partial charge in [0.15, 0.2) is 0 Å². The Hall–Kier alpha value is -2.44. The first kappa shape index (κ1) is 15.6. The number of nitro groups is 1. The number of hydrogen-bond acceptors (Lipinski definition) is 4. The summed E-state index contributed by atoms with van der Waals surface area (Å²) in [6.45, 7) is 4.62. The monoisotopic (exact) mass is 280 g/mol. The predicted molar refractivity (Wildman–Crippen MR) is 71.6 cm³/mol. The van der Waals surface area contributed by atoms with Crippen molar-refractivity contribution in [1.29, 1.82) is 0 Å². The Morgan fingerprint density at radius 2 is 1.95 bits per heavy atom. The third kappa shape index (κ3) is 3.53. The zero-order valence-electron chi connectivity index (χ0n) is 11.4. The summed E-state index contributed by atoms with van der Waals surface area (Å²) in [6.07, 6.45) is 0. The second kappa shape index (κ2) is 6.14. The molecule has 0 saturated heterocycles. The first-order valence-corrected chi connectivity index (χ1v) is 6.02. The SMILES string of the molecule is Cc1ccc(C(=O)NC(C)C(C)C(=O)O)cc1[N+](=O)[O-]. The lowest BCUT2D eigenvalue weighted by Gasteiger charge is -2.17. The van der Waals surface area contributed by atoms with Crippen molar-refractivity contribution < 1.29 is 19.6 Å². The van der Waals surface area contributed by atoms with Crippen LogP contribution in [0, 0.1) is 23.0 Å². The van der Waals surface area contributed by atoms with E-state index in [1.165, 1.54) is 25.1 Å². The molecule has 0 saturated carbocycles. The number of nitro benzene ring substituents is 1. The topological polar surface area (TPSA) is 110 Å². The molecule has 108 valence electrons. The van der Waals surface area contributed by atoms with Crippen molar-refractivity contribution in [3.05, 3.63) is 39.4 Å². The lowest BCUT2D eigenvalue weighted by Crippen LogP contribution is -2.40. The maximum absolute atomic E-state index is 11.9. The third-order valence-corrected chi connectivity index (χ3v) is 3.17. The van der Waals surface area contributed by atoms with Crippen molar-refractivity contribution in [3.63, 3.8) is 0 Å². The van der Waals surface area contributed by atoms with Gasteiger partial charge in [0.05, 0.1) is 10.8 Å². The van der Waals surface area contributed by atoms with Crippen LogP contribution in [0.1, 0.15) is 29.8 Å². The Labute approximate surface area is 115 Å². The minimum Gasteiger partial charge on any atom is -0.481 e. The average molecular weight is 280 g/mol. The van der Waals surface area contributed by atoms with Crippen LogP contribution in [0.2, 0.25) is 0 Å². The maximum Gasteiger partial charge on any atom is 0.308 e. The van der Waals surface area contributed by atoms with Crippen LogP contribution in [-0.2, 0) is 4.79 Å². The number of rotatable bonds is 5. The molecule has 20 heavy (non-hydrogen) atoms. The van der Waals surface area contributed by atoms with E-state index in [9.17, 15) is 19.7 Å². The molecule has 2 atom stereocenters. The normalized spacial score (nSPS) is 13.3. The molecule has 0 bridgehead atoms. The van der Waals surface area contributed by atoms with Crippen LogP contribution in [0.15, 0.2) is 18.2 Å². The molecule has 0 heterocycles. The summed E-state index contributed by atoms with van der Waals surface area (Å²) < 4.78 is 0. The molecule has 0 aromatic heterocycles. The van der Waals surface area contributed by atoms with Gasteiger partial charge in [-0.2, -0.15) is 0 Å². The maximum atomic E-state index is 11.9. The van der Waals surface area contributed by atoms with Crippen molar-refractivity contribution >= 4 is 17.6 Å². The van der Waals surface area contributed by atoms with Gasteiger partial charge in [-0.1, -0.05) is 6.07 Å². The molecule has 2 unspecified atom stereocenters. The van der Waals surface area contributed by atoms with Gasteiger partial charge >= 0.3 is 5.97 Å². The van der Waals surface area contributed by atoms with E-state index in [2.05, 4.69) is 5.32 Å². The van der Waals surface area contributed by atoms with Gasteiger partial charge in [-0.15, -0.1) is 0 Å². The average Bonchev–Trinajstić information content (AvgIpc) is 2.37. The van der Waals surface area contributed by atoms with Gasteiger partial charge in [-0.25, -0.2) is 0 Å². The van der Waals surface area contributed by atoms with Crippen LogP contribution in [0.4, 0.5) is 5.69 Å². The van der Waals surface area contributed by atoms with E-state index in [0.717, 1.165) is 0 Å². The Morgan fingerprint density at radius 3 is 2.45 bits per heavy atom. The smallest absolute Gasteiger partial charge is 0.308 e. The van der Waals surface area contributed by atoms with Gasteiger partial charge in [-0.3, -0.25) is 19.7 Å². The highest BCUT2D eigenvalue weighted by Gasteiger charge is 2.22. The van der Waals surface area contributed by atoms with Crippen LogP contribution in [0.25, 0.3) is 0 Å². The molecule has 1 rings (SSSR count). The van der Waals surface area contributed by atoms with Gasteiger partial charge in [-0.05, 0) is 26.8 Å². The minimum atomic E-state index is -1.02. The van der Waals surface area contributed by atoms with Crippen LogP contribution in [0.3, 0.4) is 0 Å². The molecule has 7 heteroatoms. The second-order valence-electron chi connectivity index (χ2n) is 4.65. The van der Waals surface area contributed by atoms with E-state index >= 15 is 0 Å². The summed E-state index contributed by atoms with van der Waals surface area (Å²) in [4.78, 5) is 33.0. The number of carboxylic acids is 1. The van der Waals surface area contributed by atoms with Crippen molar-refractivity contribution in [1.82, 2.24) is 5.32 Å². The number of aryl methyl sites for hydroxylation is 1. The number of benzene rings is 1. The molecule has 0 radical (unpaired) electrons. The summed E-state index contributed by atoms with van der Waals surface area (Å²) in [5, 5.41) is 22.2. The summed E-state index contributed by atoms with van der Waals surface area (Å²) in [5.74, 6) is -2.30. The Balaban J connectivity index is 2.91. The highest BCUT2D eigenvalue weighted by atomic mass is 16.6. The molecule has 1 aromatic rings. The van der Waals surface area contributed by atoms with Crippen LogP contribution >= 0.6 is 0 Å². The molecule has 2 N–H and O–H groups in total. The van der Waals surface area contributed by atoms with Gasteiger partial charge in [0.25, 0.3) is 11.6 Å². The number of nitrogens with one attached hydrogen (secondary N) is 1. The van der Waals surface area contributed by atoms with Gasteiger partial charge in [0.1, 0.15) is 0 Å². The van der Waals surface area contributed by atoms with Crippen molar-refractivity contribution in [2.24, 2.45) is 5.92 Å². The van der Waals surface area contributed by atoms with E-state index in [0.29, 0.717) is 5.56 Å². The summed E-state index contributed by atoms with van der Waals surface area (Å²) in [5.41, 5.74) is 0.446. The quantitative estimate of drug-likeness (QED) is 0.630. The van der Waals surface area contributed by atoms with Crippen molar-refractivity contribution in [2.75, 3.05) is 0 Å². The lowest BCUT2D eigenvalue weighted by atomic mass is 10.0. The number of hydrogen-bond donors (Lipinski definition) is 2. The van der Waals surface area contributed by atoms with Crippen molar-refractivity contribution in [3.8, 4) is 0 Å². The predicted octanol–water partition coefficient (Wildman–Crippen LogP) is 1.74. The molecule has 0 spiro atoms. The fourth-order valence-corrected chi connectivity index (χ4v) is 1.58. The van der Waals surface area contributed by atoms with E-state index in [-0.39, 0.29) is 11.3 Å². The number of nitrogens with zero attached hydrogens (tertiary/aromatic N) is 1. The van der Waals surface area contributed by atoms with E-state index in [1.807, 2.05) is 0 Å². The van der Waals surface area contributed by atoms with Crippen molar-refractivity contribution in [2.45, 2.75) is 26.8 Å². The Kier molecular flexibility index (Phi) is 4.79. The van der Waals surface area contributed by atoms with Crippen LogP contribution in [0.5, 0.6) is 0 Å². The molecule has 0 aliphatic carbocycles. The highest BCUT2D eigenvalue weighted by molar-refractivity contribution is 5.95. The number of carbonyl (C=O) groups is 2. The summed E-state index contributed by atoms with van der Waals surface area (Å²) in [6, 6.07) is 3.55. The van der Waals surface area contributed by atoms with Crippen LogP contribution in [-0.4, -0.2) is 27.9 Å². The van der Waals surface area contributed by atoms with E-state index < -0.39 is 28.8 Å². The Morgan fingerprint density at radius 1 is 1.35 bits per heavy atom. The molecule has 0 aliphatic heterocycles. The zero-order chi connectivity index (χ0) is 15.4. The fourth-order valence-electron chi connectivity index (χ4n) is 1.58. The highest BCUT2D eigenvalue weighted by Crippen LogP contribution is 2.19. The molecular formula is C13H16N2O5. The molecule has 0 aliphatic rings. The number of carboxylic acid groups (broad SMARTS) is 1. The molecule has 7 nitrogen and oxygen atoms in total. The van der Waals surface area contributed by atoms with Gasteiger partial charge in [0, 0.05) is 23.2 Å². The molecule has 1 aromatic carbocycles. The first-order chi connectivity index (χ1) is 9.23. The van der Waals surface area contributed by atoms with E-state index in [1.54, 1.807) is 13.8 Å². The Bertz CT molecular complexity index is 556. The van der Waals surface area contributed by atoms with Crippen LogP contribution < -0.4 is 5.32 Å². The van der Waals surface area contributed by atoms with Gasteiger partial charge < -0.3 is 10.4 Å². The molecular weight excluding hydrogens is 264 g/mol. The van der Waals surface area contributed by atoms with Gasteiger partial charge in [0.2, 0.25) is 0 Å². The second-order valence-corrected chi connectivity index (χ2v) is 4.65. The number of aliphatic carboxylic acids is 1.